The van der Waals surface area contributed by atoms with Gasteiger partial charge in [-0.25, -0.2) is 13.8 Å². The monoisotopic (exact) mass is 268 g/mol. The van der Waals surface area contributed by atoms with Gasteiger partial charge >= 0.3 is 0 Å². The van der Waals surface area contributed by atoms with Gasteiger partial charge in [-0.15, -0.1) is 11.3 Å². The average Bonchev–Trinajstić information content (AvgIpc) is 2.77. The van der Waals surface area contributed by atoms with Crippen molar-refractivity contribution in [3.8, 4) is 0 Å². The predicted molar refractivity (Wildman–Crippen MR) is 68.8 cm³/mol. The fourth-order valence-electron chi connectivity index (χ4n) is 1.85. The summed E-state index contributed by atoms with van der Waals surface area (Å²) in [7, 11) is 1.72. The third-order valence-electron chi connectivity index (χ3n) is 2.83. The fraction of sp³-hybridized carbons (Fsp3) is 0.308. The lowest BCUT2D eigenvalue weighted by atomic mass is 10.0. The molecule has 0 bridgehead atoms. The van der Waals surface area contributed by atoms with Crippen LogP contribution in [-0.2, 0) is 0 Å². The lowest BCUT2D eigenvalue weighted by Crippen LogP contribution is -2.18. The van der Waals surface area contributed by atoms with Gasteiger partial charge in [-0.1, -0.05) is 12.1 Å². The molecule has 18 heavy (non-hydrogen) atoms. The minimum atomic E-state index is -0.791. The van der Waals surface area contributed by atoms with E-state index >= 15 is 0 Å². The van der Waals surface area contributed by atoms with Crippen LogP contribution in [0.3, 0.4) is 0 Å². The molecule has 0 saturated carbocycles. The van der Waals surface area contributed by atoms with E-state index in [9.17, 15) is 8.78 Å². The van der Waals surface area contributed by atoms with Gasteiger partial charge < -0.3 is 5.32 Å². The molecule has 1 atom stereocenters. The van der Waals surface area contributed by atoms with Gasteiger partial charge in [0.25, 0.3) is 0 Å². The minimum Gasteiger partial charge on any atom is -0.309 e. The molecule has 1 heterocycles. The summed E-state index contributed by atoms with van der Waals surface area (Å²) < 4.78 is 27.6. The van der Waals surface area contributed by atoms with Crippen molar-refractivity contribution < 1.29 is 8.78 Å². The second-order valence-corrected chi connectivity index (χ2v) is 5.37. The van der Waals surface area contributed by atoms with Gasteiger partial charge in [0.15, 0.2) is 11.6 Å². The molecule has 0 amide bonds. The van der Waals surface area contributed by atoms with Crippen molar-refractivity contribution >= 4 is 11.3 Å². The number of thiazole rings is 1. The van der Waals surface area contributed by atoms with Gasteiger partial charge in [0, 0.05) is 16.6 Å². The summed E-state index contributed by atoms with van der Waals surface area (Å²) in [6.45, 7) is 3.43. The molecule has 0 saturated heterocycles. The van der Waals surface area contributed by atoms with E-state index in [0.717, 1.165) is 9.88 Å². The molecule has 0 aliphatic rings. The quantitative estimate of drug-likeness (QED) is 0.923. The number of halogens is 2. The fourth-order valence-corrected chi connectivity index (χ4v) is 2.76. The maximum atomic E-state index is 14.0. The van der Waals surface area contributed by atoms with Crippen LogP contribution in [0.15, 0.2) is 18.3 Å². The molecule has 96 valence electrons. The molecule has 2 aromatic rings. The van der Waals surface area contributed by atoms with Gasteiger partial charge in [-0.05, 0) is 26.5 Å². The highest BCUT2D eigenvalue weighted by atomic mass is 32.1. The third kappa shape index (κ3) is 2.28. The van der Waals surface area contributed by atoms with E-state index in [1.165, 1.54) is 11.3 Å². The van der Waals surface area contributed by atoms with Gasteiger partial charge in [0.1, 0.15) is 0 Å². The van der Waals surface area contributed by atoms with Crippen LogP contribution in [0.2, 0.25) is 0 Å². The zero-order valence-electron chi connectivity index (χ0n) is 10.4. The molecule has 0 spiro atoms. The molecule has 1 aromatic heterocycles. The van der Waals surface area contributed by atoms with E-state index in [1.54, 1.807) is 32.3 Å². The van der Waals surface area contributed by atoms with Crippen LogP contribution in [0.4, 0.5) is 8.78 Å². The van der Waals surface area contributed by atoms with E-state index in [4.69, 9.17) is 0 Å². The zero-order chi connectivity index (χ0) is 13.3. The van der Waals surface area contributed by atoms with E-state index < -0.39 is 11.6 Å². The second kappa shape index (κ2) is 5.12. The Bertz CT molecular complexity index is 566. The molecule has 2 nitrogen and oxygen atoms in total. The van der Waals surface area contributed by atoms with Crippen molar-refractivity contribution in [3.63, 3.8) is 0 Å². The Morgan fingerprint density at radius 1 is 1.22 bits per heavy atom. The first kappa shape index (κ1) is 13.1. The number of hydrogen-bond acceptors (Lipinski definition) is 3. The van der Waals surface area contributed by atoms with Crippen LogP contribution in [-0.4, -0.2) is 12.0 Å². The number of benzene rings is 1. The molecule has 2 rings (SSSR count). The predicted octanol–water partition coefficient (Wildman–Crippen LogP) is 3.35. The molecule has 1 N–H and O–H groups in total. The minimum absolute atomic E-state index is 0.309. The normalized spacial score (nSPS) is 12.7. The standard InChI is InChI=1S/C13H14F2N2S/c1-7-4-5-9(12(15)11(7)14)13(16-3)10-6-17-8(2)18-10/h4-6,13,16H,1-3H3. The molecule has 1 aromatic carbocycles. The molecule has 0 radical (unpaired) electrons. The van der Waals surface area contributed by atoms with Gasteiger partial charge in [-0.3, -0.25) is 0 Å². The Balaban J connectivity index is 2.49. The maximum absolute atomic E-state index is 14.0. The lowest BCUT2D eigenvalue weighted by molar-refractivity contribution is 0.483. The van der Waals surface area contributed by atoms with Crippen LogP contribution < -0.4 is 5.32 Å². The molecule has 0 fully saturated rings. The van der Waals surface area contributed by atoms with Crippen LogP contribution in [0.1, 0.15) is 27.1 Å². The molecular weight excluding hydrogens is 254 g/mol. The maximum Gasteiger partial charge on any atom is 0.164 e. The van der Waals surface area contributed by atoms with Gasteiger partial charge in [-0.2, -0.15) is 0 Å². The first-order chi connectivity index (χ1) is 8.54. The highest BCUT2D eigenvalue weighted by Crippen LogP contribution is 2.29. The number of hydrogen-bond donors (Lipinski definition) is 1. The van der Waals surface area contributed by atoms with Crippen LogP contribution in [0, 0.1) is 25.5 Å². The second-order valence-electron chi connectivity index (χ2n) is 4.10. The summed E-state index contributed by atoms with van der Waals surface area (Å²) in [5.74, 6) is -1.57. The van der Waals surface area contributed by atoms with Crippen LogP contribution in [0.5, 0.6) is 0 Å². The van der Waals surface area contributed by atoms with E-state index in [1.807, 2.05) is 6.92 Å². The zero-order valence-corrected chi connectivity index (χ0v) is 11.2. The molecule has 0 aliphatic heterocycles. The van der Waals surface area contributed by atoms with Crippen molar-refractivity contribution in [2.45, 2.75) is 19.9 Å². The van der Waals surface area contributed by atoms with Crippen molar-refractivity contribution in [2.24, 2.45) is 0 Å². The summed E-state index contributed by atoms with van der Waals surface area (Å²) in [6.07, 6.45) is 1.69. The molecule has 0 aliphatic carbocycles. The van der Waals surface area contributed by atoms with Crippen molar-refractivity contribution in [1.82, 2.24) is 10.3 Å². The Labute approximate surface area is 109 Å². The molecule has 5 heteroatoms. The summed E-state index contributed by atoms with van der Waals surface area (Å²) in [4.78, 5) is 5.02. The number of aryl methyl sites for hydroxylation is 2. The van der Waals surface area contributed by atoms with E-state index in [0.29, 0.717) is 11.1 Å². The Hall–Kier alpha value is -1.33. The molecule has 1 unspecified atom stereocenters. The summed E-state index contributed by atoms with van der Waals surface area (Å²) >= 11 is 1.47. The largest absolute Gasteiger partial charge is 0.309 e. The SMILES string of the molecule is CNC(c1cnc(C)s1)c1ccc(C)c(F)c1F. The average molecular weight is 268 g/mol. The Kier molecular flexibility index (Phi) is 3.73. The number of nitrogens with one attached hydrogen (secondary N) is 1. The smallest absolute Gasteiger partial charge is 0.164 e. The van der Waals surface area contributed by atoms with Crippen molar-refractivity contribution in [2.75, 3.05) is 7.05 Å². The van der Waals surface area contributed by atoms with E-state index in [-0.39, 0.29) is 6.04 Å². The summed E-state index contributed by atoms with van der Waals surface area (Å²) in [5, 5.41) is 3.90. The number of rotatable bonds is 3. The topological polar surface area (TPSA) is 24.9 Å². The Morgan fingerprint density at radius 2 is 1.94 bits per heavy atom. The first-order valence-corrected chi connectivity index (χ1v) is 6.40. The van der Waals surface area contributed by atoms with Crippen molar-refractivity contribution in [3.05, 3.63) is 51.0 Å². The summed E-state index contributed by atoms with van der Waals surface area (Å²) in [6, 6.07) is 2.84. The highest BCUT2D eigenvalue weighted by Gasteiger charge is 2.21. The number of aromatic nitrogens is 1. The highest BCUT2D eigenvalue weighted by molar-refractivity contribution is 7.11. The third-order valence-corrected chi connectivity index (χ3v) is 3.81. The number of nitrogens with zero attached hydrogens (tertiary/aromatic N) is 1. The van der Waals surface area contributed by atoms with Gasteiger partial charge in [0.2, 0.25) is 0 Å². The van der Waals surface area contributed by atoms with Crippen LogP contribution in [0.25, 0.3) is 0 Å². The van der Waals surface area contributed by atoms with Gasteiger partial charge in [0.05, 0.1) is 11.0 Å². The van der Waals surface area contributed by atoms with Crippen LogP contribution >= 0.6 is 11.3 Å². The summed E-state index contributed by atoms with van der Waals surface area (Å²) in [5.41, 5.74) is 0.621. The lowest BCUT2D eigenvalue weighted by Gasteiger charge is -2.16. The molecular formula is C13H14F2N2S. The van der Waals surface area contributed by atoms with E-state index in [2.05, 4.69) is 10.3 Å². The Morgan fingerprint density at radius 3 is 2.50 bits per heavy atom. The first-order valence-electron chi connectivity index (χ1n) is 5.58. The van der Waals surface area contributed by atoms with Crippen molar-refractivity contribution in [1.29, 1.82) is 0 Å².